The maximum Gasteiger partial charge on any atom is 0.337 e. The number of esters is 2. The molecule has 198 valence electrons. The van der Waals surface area contributed by atoms with Crippen LogP contribution >= 0.6 is 0 Å². The Balaban J connectivity index is 1.68. The van der Waals surface area contributed by atoms with Crippen molar-refractivity contribution in [3.63, 3.8) is 0 Å². The van der Waals surface area contributed by atoms with Gasteiger partial charge in [0.15, 0.2) is 0 Å². The molecule has 0 radical (unpaired) electrons. The molecule has 3 aliphatic rings. The fourth-order valence-corrected chi connectivity index (χ4v) is 6.10. The van der Waals surface area contributed by atoms with Crippen molar-refractivity contribution < 1.29 is 23.8 Å². The lowest BCUT2D eigenvalue weighted by Gasteiger charge is -2.38. The molecule has 0 bridgehead atoms. The maximum absolute atomic E-state index is 13.9. The third-order valence-electron chi connectivity index (χ3n) is 7.53. The molecule has 2 aromatic carbocycles. The third-order valence-corrected chi connectivity index (χ3v) is 7.53. The zero-order chi connectivity index (χ0) is 27.1. The second-order valence-electron chi connectivity index (χ2n) is 10.3. The average molecular weight is 515 g/mol. The van der Waals surface area contributed by atoms with E-state index in [4.69, 9.17) is 14.2 Å². The Kier molecular flexibility index (Phi) is 6.78. The predicted molar refractivity (Wildman–Crippen MR) is 145 cm³/mol. The highest BCUT2D eigenvalue weighted by Crippen LogP contribution is 2.47. The summed E-state index contributed by atoms with van der Waals surface area (Å²) in [7, 11) is 1.35. The van der Waals surface area contributed by atoms with Gasteiger partial charge in [-0.05, 0) is 68.0 Å². The first kappa shape index (κ1) is 25.6. The number of methoxy groups -OCH3 is 1. The Morgan fingerprint density at radius 3 is 2.61 bits per heavy atom. The van der Waals surface area contributed by atoms with E-state index in [1.54, 1.807) is 6.92 Å². The molecule has 2 N–H and O–H groups in total. The first-order valence-corrected chi connectivity index (χ1v) is 12.9. The minimum atomic E-state index is -0.647. The zero-order valence-corrected chi connectivity index (χ0v) is 22.6. The summed E-state index contributed by atoms with van der Waals surface area (Å²) < 4.78 is 17.2. The summed E-state index contributed by atoms with van der Waals surface area (Å²) >= 11 is 0. The normalized spacial score (nSPS) is 20.2. The summed E-state index contributed by atoms with van der Waals surface area (Å²) in [5.74, 6) is -1.07. The fourth-order valence-electron chi connectivity index (χ4n) is 6.10. The molecule has 0 spiro atoms. The van der Waals surface area contributed by atoms with Gasteiger partial charge in [-0.15, -0.1) is 0 Å². The van der Waals surface area contributed by atoms with Gasteiger partial charge in [-0.2, -0.15) is 0 Å². The molecule has 38 heavy (non-hydrogen) atoms. The van der Waals surface area contributed by atoms with Gasteiger partial charge in [-0.3, -0.25) is 0 Å². The Hall–Kier alpha value is -4.00. The molecular weight excluding hydrogens is 480 g/mol. The van der Waals surface area contributed by atoms with Crippen LogP contribution in [0.5, 0.6) is 0 Å². The second-order valence-corrected chi connectivity index (χ2v) is 10.3. The lowest BCUT2D eigenvalue weighted by atomic mass is 9.76. The van der Waals surface area contributed by atoms with Crippen LogP contribution in [0.4, 0.5) is 5.69 Å². The third kappa shape index (κ3) is 4.46. The van der Waals surface area contributed by atoms with Crippen molar-refractivity contribution in [2.75, 3.05) is 25.6 Å². The van der Waals surface area contributed by atoms with Crippen LogP contribution in [0.25, 0.3) is 0 Å². The monoisotopic (exact) mass is 514 g/mol. The van der Waals surface area contributed by atoms with Crippen molar-refractivity contribution in [1.29, 1.82) is 0 Å². The standard InChI is InChI=1S/C31H34N2O5/c1-16(2)37-15-24-29(30(34)36-6)27(21-8-7-9-22-20(21)10-11-32-22)28-23(33-24)14-25(38-31(28)35)26-18(4)12-17(3)13-19(26)5/h7-9,12-13,25,27,32-33H,1,10-11,14-15H2,2-6H3. The molecule has 7 nitrogen and oxygen atoms in total. The van der Waals surface area contributed by atoms with Gasteiger partial charge in [0.25, 0.3) is 0 Å². The molecule has 0 saturated heterocycles. The van der Waals surface area contributed by atoms with Gasteiger partial charge in [0.1, 0.15) is 12.7 Å². The van der Waals surface area contributed by atoms with Crippen LogP contribution in [0.2, 0.25) is 0 Å². The summed E-state index contributed by atoms with van der Waals surface area (Å²) in [4.78, 5) is 27.2. The molecule has 0 aliphatic carbocycles. The molecule has 0 aromatic heterocycles. The van der Waals surface area contributed by atoms with Crippen LogP contribution in [-0.4, -0.2) is 32.2 Å². The largest absolute Gasteiger partial charge is 0.493 e. The van der Waals surface area contributed by atoms with E-state index in [0.717, 1.165) is 57.7 Å². The molecule has 2 aromatic rings. The number of carbonyl (C=O) groups excluding carboxylic acids is 2. The molecule has 0 fully saturated rings. The summed E-state index contributed by atoms with van der Waals surface area (Å²) in [6.45, 7) is 12.7. The first-order chi connectivity index (χ1) is 18.2. The van der Waals surface area contributed by atoms with Crippen LogP contribution in [-0.2, 0) is 30.2 Å². The number of nitrogens with one attached hydrogen (secondary N) is 2. The number of rotatable bonds is 6. The van der Waals surface area contributed by atoms with E-state index in [9.17, 15) is 9.59 Å². The van der Waals surface area contributed by atoms with E-state index in [2.05, 4.69) is 36.3 Å². The lowest BCUT2D eigenvalue weighted by Crippen LogP contribution is -2.39. The Labute approximate surface area is 223 Å². The SMILES string of the molecule is C=C(C)OCC1=C(C(=O)OC)C(c2cccc3c2CCN3)C2=C(CC(c3c(C)cc(C)cc3C)OC2=O)N1. The molecule has 3 aliphatic heterocycles. The number of ether oxygens (including phenoxy) is 3. The minimum absolute atomic E-state index is 0.0998. The van der Waals surface area contributed by atoms with Crippen LogP contribution in [0.15, 0.2) is 65.2 Å². The van der Waals surface area contributed by atoms with Gasteiger partial charge in [-0.25, -0.2) is 9.59 Å². The van der Waals surface area contributed by atoms with E-state index in [1.807, 2.05) is 32.0 Å². The predicted octanol–water partition coefficient (Wildman–Crippen LogP) is 5.19. The van der Waals surface area contributed by atoms with Gasteiger partial charge in [-0.1, -0.05) is 36.4 Å². The first-order valence-electron chi connectivity index (χ1n) is 12.9. The van der Waals surface area contributed by atoms with Crippen molar-refractivity contribution in [3.8, 4) is 0 Å². The maximum atomic E-state index is 13.9. The number of dihydropyridines is 1. The number of aryl methyl sites for hydroxylation is 3. The molecule has 3 heterocycles. The van der Waals surface area contributed by atoms with Crippen molar-refractivity contribution in [3.05, 3.63) is 98.6 Å². The number of hydrogen-bond donors (Lipinski definition) is 2. The average Bonchev–Trinajstić information content (AvgIpc) is 3.34. The summed E-state index contributed by atoms with van der Waals surface area (Å²) in [6, 6.07) is 10.2. The van der Waals surface area contributed by atoms with Gasteiger partial charge < -0.3 is 24.8 Å². The quantitative estimate of drug-likeness (QED) is 0.406. The number of allylic oxidation sites excluding steroid dienone is 1. The molecule has 7 heteroatoms. The van der Waals surface area contributed by atoms with Crippen LogP contribution in [0.1, 0.15) is 58.7 Å². The van der Waals surface area contributed by atoms with Crippen molar-refractivity contribution in [2.45, 2.75) is 52.6 Å². The van der Waals surface area contributed by atoms with Gasteiger partial charge in [0.05, 0.1) is 35.6 Å². The fraction of sp³-hybridized carbons (Fsp3) is 0.355. The van der Waals surface area contributed by atoms with Gasteiger partial charge in [0, 0.05) is 24.4 Å². The van der Waals surface area contributed by atoms with E-state index >= 15 is 0 Å². The molecular formula is C31H34N2O5. The number of benzene rings is 2. The van der Waals surface area contributed by atoms with Gasteiger partial charge >= 0.3 is 11.9 Å². The van der Waals surface area contributed by atoms with Crippen LogP contribution in [0.3, 0.4) is 0 Å². The number of carbonyl (C=O) groups is 2. The molecule has 0 amide bonds. The number of anilines is 1. The summed E-state index contributed by atoms with van der Waals surface area (Å²) in [5, 5.41) is 6.80. The second kappa shape index (κ2) is 10.0. The smallest absolute Gasteiger partial charge is 0.337 e. The Morgan fingerprint density at radius 1 is 1.18 bits per heavy atom. The summed E-state index contributed by atoms with van der Waals surface area (Å²) in [6.07, 6.45) is 0.811. The highest BCUT2D eigenvalue weighted by atomic mass is 16.5. The van der Waals surface area contributed by atoms with Crippen molar-refractivity contribution in [1.82, 2.24) is 5.32 Å². The lowest BCUT2D eigenvalue weighted by molar-refractivity contribution is -0.147. The van der Waals surface area contributed by atoms with Crippen molar-refractivity contribution >= 4 is 17.6 Å². The van der Waals surface area contributed by atoms with E-state index in [-0.39, 0.29) is 6.61 Å². The zero-order valence-electron chi connectivity index (χ0n) is 22.6. The Morgan fingerprint density at radius 2 is 1.92 bits per heavy atom. The van der Waals surface area contributed by atoms with Gasteiger partial charge in [0.2, 0.25) is 0 Å². The highest BCUT2D eigenvalue weighted by Gasteiger charge is 2.45. The number of cyclic esters (lactones) is 1. The molecule has 0 saturated carbocycles. The van der Waals surface area contributed by atoms with Crippen molar-refractivity contribution in [2.24, 2.45) is 0 Å². The Bertz CT molecular complexity index is 1390. The van der Waals surface area contributed by atoms with E-state index < -0.39 is 24.0 Å². The van der Waals surface area contributed by atoms with E-state index in [1.165, 1.54) is 7.11 Å². The number of fused-ring (bicyclic) bond motifs is 1. The molecule has 5 rings (SSSR count). The molecule has 2 unspecified atom stereocenters. The molecule has 2 atom stereocenters. The van der Waals surface area contributed by atoms with Crippen LogP contribution < -0.4 is 10.6 Å². The topological polar surface area (TPSA) is 85.9 Å². The number of hydrogen-bond acceptors (Lipinski definition) is 7. The summed E-state index contributed by atoms with van der Waals surface area (Å²) in [5.41, 5.74) is 9.46. The highest BCUT2D eigenvalue weighted by molar-refractivity contribution is 6.01. The van der Waals surface area contributed by atoms with Crippen LogP contribution in [0, 0.1) is 20.8 Å². The minimum Gasteiger partial charge on any atom is -0.493 e. The van der Waals surface area contributed by atoms with E-state index in [0.29, 0.717) is 29.0 Å².